The molecule has 0 spiro atoms. The Kier molecular flexibility index (Phi) is 5.98. The summed E-state index contributed by atoms with van der Waals surface area (Å²) >= 11 is 0. The highest BCUT2D eigenvalue weighted by atomic mass is 19.1. The second-order valence-corrected chi connectivity index (χ2v) is 7.57. The van der Waals surface area contributed by atoms with Crippen LogP contribution in [0.4, 0.5) is 9.18 Å². The van der Waals surface area contributed by atoms with E-state index in [0.29, 0.717) is 12.8 Å². The minimum absolute atomic E-state index is 0.00679. The number of carbonyl (C=O) groups excluding carboxylic acids is 2. The summed E-state index contributed by atoms with van der Waals surface area (Å²) in [5.74, 6) is -0.695. The van der Waals surface area contributed by atoms with Gasteiger partial charge in [-0.3, -0.25) is 9.69 Å². The van der Waals surface area contributed by atoms with Gasteiger partial charge in [0.15, 0.2) is 11.6 Å². The van der Waals surface area contributed by atoms with Crippen molar-refractivity contribution in [1.82, 2.24) is 10.2 Å². The second-order valence-electron chi connectivity index (χ2n) is 7.57. The predicted octanol–water partition coefficient (Wildman–Crippen LogP) is 3.98. The van der Waals surface area contributed by atoms with Crippen LogP contribution in [0.2, 0.25) is 0 Å². The van der Waals surface area contributed by atoms with Crippen LogP contribution in [0, 0.1) is 5.82 Å². The summed E-state index contributed by atoms with van der Waals surface area (Å²) < 4.78 is 19.2. The van der Waals surface area contributed by atoms with Gasteiger partial charge in [0.05, 0.1) is 6.54 Å². The first-order valence-electron chi connectivity index (χ1n) is 10.2. The first-order chi connectivity index (χ1) is 15.1. The number of hydrogen-bond donors (Lipinski definition) is 1. The van der Waals surface area contributed by atoms with Crippen molar-refractivity contribution in [3.8, 4) is 5.75 Å². The zero-order chi connectivity index (χ0) is 21.7. The van der Waals surface area contributed by atoms with Crippen molar-refractivity contribution in [2.75, 3.05) is 13.2 Å². The quantitative estimate of drug-likeness (QED) is 0.563. The number of benzene rings is 3. The normalized spacial score (nSPS) is 15.1. The summed E-state index contributed by atoms with van der Waals surface area (Å²) in [4.78, 5) is 27.4. The molecule has 1 saturated heterocycles. The number of ether oxygens (including phenoxy) is 1. The molecule has 1 aliphatic rings. The number of nitrogens with one attached hydrogen (secondary N) is 1. The molecule has 4 rings (SSSR count). The number of para-hydroxylation sites is 1. The highest BCUT2D eigenvalue weighted by molar-refractivity contribution is 6.07. The molecule has 6 heteroatoms. The molecule has 0 aromatic heterocycles. The minimum Gasteiger partial charge on any atom is -0.489 e. The monoisotopic (exact) mass is 418 g/mol. The molecule has 0 aliphatic carbocycles. The van der Waals surface area contributed by atoms with Crippen molar-refractivity contribution in [2.45, 2.75) is 18.4 Å². The molecular weight excluding hydrogens is 395 g/mol. The highest BCUT2D eigenvalue weighted by Crippen LogP contribution is 2.27. The molecule has 0 bridgehead atoms. The third-order valence-electron chi connectivity index (χ3n) is 5.35. The Morgan fingerprint density at radius 2 is 1.35 bits per heavy atom. The van der Waals surface area contributed by atoms with Crippen LogP contribution in [-0.2, 0) is 17.6 Å². The third-order valence-corrected chi connectivity index (χ3v) is 5.35. The lowest BCUT2D eigenvalue weighted by Gasteiger charge is -2.27. The molecule has 3 aromatic carbocycles. The summed E-state index contributed by atoms with van der Waals surface area (Å²) in [5.41, 5.74) is 0.825. The van der Waals surface area contributed by atoms with Crippen molar-refractivity contribution < 1.29 is 18.7 Å². The van der Waals surface area contributed by atoms with E-state index in [0.717, 1.165) is 16.0 Å². The Morgan fingerprint density at radius 3 is 1.94 bits per heavy atom. The summed E-state index contributed by atoms with van der Waals surface area (Å²) in [6.45, 7) is 0.0389. The van der Waals surface area contributed by atoms with Gasteiger partial charge in [-0.25, -0.2) is 9.18 Å². The summed E-state index contributed by atoms with van der Waals surface area (Å²) in [6.07, 6.45) is 0.746. The van der Waals surface area contributed by atoms with Crippen LogP contribution in [0.1, 0.15) is 11.1 Å². The molecule has 5 nitrogen and oxygen atoms in total. The fraction of sp³-hybridized carbons (Fsp3) is 0.200. The van der Waals surface area contributed by atoms with Crippen LogP contribution in [0.15, 0.2) is 84.9 Å². The smallest absolute Gasteiger partial charge is 0.325 e. The topological polar surface area (TPSA) is 58.6 Å². The molecule has 0 atom stereocenters. The number of urea groups is 1. The number of nitrogens with zero attached hydrogens (tertiary/aromatic N) is 1. The average Bonchev–Trinajstić information content (AvgIpc) is 3.00. The standard InChI is InChI=1S/C25H23FN2O3/c26-21-13-7-8-14-22(21)31-16-15-28-23(29)25(27-24(28)30,17-19-9-3-1-4-10-19)18-20-11-5-2-6-12-20/h1-14H,15-18H2,(H,27,30). The summed E-state index contributed by atoms with van der Waals surface area (Å²) in [5, 5.41) is 2.93. The molecule has 31 heavy (non-hydrogen) atoms. The van der Waals surface area contributed by atoms with Gasteiger partial charge in [0, 0.05) is 12.8 Å². The van der Waals surface area contributed by atoms with Crippen molar-refractivity contribution in [3.63, 3.8) is 0 Å². The van der Waals surface area contributed by atoms with Gasteiger partial charge in [-0.15, -0.1) is 0 Å². The first-order valence-corrected chi connectivity index (χ1v) is 10.2. The molecular formula is C25H23FN2O3. The number of imide groups is 1. The Bertz CT molecular complexity index is 1020. The zero-order valence-electron chi connectivity index (χ0n) is 17.0. The Balaban J connectivity index is 1.53. The molecule has 158 valence electrons. The number of halogens is 1. The van der Waals surface area contributed by atoms with E-state index in [1.165, 1.54) is 12.1 Å². The van der Waals surface area contributed by atoms with Crippen LogP contribution < -0.4 is 10.1 Å². The van der Waals surface area contributed by atoms with E-state index in [4.69, 9.17) is 4.74 Å². The molecule has 1 fully saturated rings. The molecule has 1 N–H and O–H groups in total. The lowest BCUT2D eigenvalue weighted by atomic mass is 9.84. The van der Waals surface area contributed by atoms with Gasteiger partial charge in [0.1, 0.15) is 12.1 Å². The van der Waals surface area contributed by atoms with E-state index in [2.05, 4.69) is 5.32 Å². The molecule has 3 aromatic rings. The highest BCUT2D eigenvalue weighted by Gasteiger charge is 2.50. The lowest BCUT2D eigenvalue weighted by molar-refractivity contribution is -0.131. The van der Waals surface area contributed by atoms with Gasteiger partial charge in [-0.2, -0.15) is 0 Å². The summed E-state index contributed by atoms with van der Waals surface area (Å²) in [7, 11) is 0. The van der Waals surface area contributed by atoms with Crippen LogP contribution in [0.25, 0.3) is 0 Å². The number of hydrogen-bond acceptors (Lipinski definition) is 3. The largest absolute Gasteiger partial charge is 0.489 e. The van der Waals surface area contributed by atoms with Gasteiger partial charge in [-0.05, 0) is 23.3 Å². The van der Waals surface area contributed by atoms with E-state index in [9.17, 15) is 14.0 Å². The number of amides is 3. The molecule has 0 radical (unpaired) electrons. The van der Waals surface area contributed by atoms with Crippen molar-refractivity contribution in [3.05, 3.63) is 102 Å². The van der Waals surface area contributed by atoms with Gasteiger partial charge in [-0.1, -0.05) is 72.8 Å². The molecule has 1 aliphatic heterocycles. The zero-order valence-corrected chi connectivity index (χ0v) is 17.0. The fourth-order valence-corrected chi connectivity index (χ4v) is 3.88. The number of carbonyl (C=O) groups is 2. The van der Waals surface area contributed by atoms with Gasteiger partial charge >= 0.3 is 6.03 Å². The van der Waals surface area contributed by atoms with Crippen molar-refractivity contribution in [2.24, 2.45) is 0 Å². The molecule has 1 heterocycles. The van der Waals surface area contributed by atoms with Crippen LogP contribution in [0.5, 0.6) is 5.75 Å². The predicted molar refractivity (Wildman–Crippen MR) is 115 cm³/mol. The second kappa shape index (κ2) is 9.00. The lowest BCUT2D eigenvalue weighted by Crippen LogP contribution is -2.51. The van der Waals surface area contributed by atoms with E-state index in [1.54, 1.807) is 12.1 Å². The third kappa shape index (κ3) is 4.58. The van der Waals surface area contributed by atoms with Gasteiger partial charge < -0.3 is 10.1 Å². The van der Waals surface area contributed by atoms with Gasteiger partial charge in [0.25, 0.3) is 5.91 Å². The van der Waals surface area contributed by atoms with Crippen LogP contribution >= 0.6 is 0 Å². The molecule has 0 unspecified atom stereocenters. The van der Waals surface area contributed by atoms with E-state index >= 15 is 0 Å². The Morgan fingerprint density at radius 1 is 0.806 bits per heavy atom. The maximum absolute atomic E-state index is 13.8. The Labute approximate surface area is 180 Å². The molecule has 0 saturated carbocycles. The van der Waals surface area contributed by atoms with Gasteiger partial charge in [0.2, 0.25) is 0 Å². The van der Waals surface area contributed by atoms with E-state index in [1.807, 2.05) is 60.7 Å². The van der Waals surface area contributed by atoms with Crippen LogP contribution in [-0.4, -0.2) is 35.5 Å². The van der Waals surface area contributed by atoms with Crippen molar-refractivity contribution >= 4 is 11.9 Å². The number of rotatable bonds is 8. The summed E-state index contributed by atoms with van der Waals surface area (Å²) in [6, 6.07) is 24.8. The maximum Gasteiger partial charge on any atom is 0.325 e. The first kappa shape index (κ1) is 20.6. The maximum atomic E-state index is 13.8. The SMILES string of the molecule is O=C1NC(Cc2ccccc2)(Cc2ccccc2)C(=O)N1CCOc1ccccc1F. The van der Waals surface area contributed by atoms with E-state index in [-0.39, 0.29) is 24.8 Å². The average molecular weight is 418 g/mol. The minimum atomic E-state index is -1.09. The molecule has 3 amide bonds. The van der Waals surface area contributed by atoms with E-state index < -0.39 is 17.4 Å². The van der Waals surface area contributed by atoms with Crippen molar-refractivity contribution in [1.29, 1.82) is 0 Å². The fourth-order valence-electron chi connectivity index (χ4n) is 3.88. The Hall–Kier alpha value is -3.67. The van der Waals surface area contributed by atoms with Crippen LogP contribution in [0.3, 0.4) is 0 Å².